The number of nitrogens with zero attached hydrogens (tertiary/aromatic N) is 1. The molecule has 1 aromatic heterocycles. The fourth-order valence-corrected chi connectivity index (χ4v) is 4.30. The van der Waals surface area contributed by atoms with Crippen molar-refractivity contribution < 1.29 is 17.6 Å². The molecule has 8 nitrogen and oxygen atoms in total. The van der Waals surface area contributed by atoms with Gasteiger partial charge >= 0.3 is 5.76 Å². The Hall–Kier alpha value is -2.91. The Morgan fingerprint density at radius 1 is 1.13 bits per heavy atom. The van der Waals surface area contributed by atoms with Crippen molar-refractivity contribution in [2.45, 2.75) is 38.1 Å². The van der Waals surface area contributed by atoms with Gasteiger partial charge in [-0.05, 0) is 43.5 Å². The van der Waals surface area contributed by atoms with Crippen LogP contribution in [-0.2, 0) is 21.9 Å². The number of aryl methyl sites for hydroxylation is 2. The largest absolute Gasteiger partial charge is 0.419 e. The lowest BCUT2D eigenvalue weighted by Crippen LogP contribution is -2.44. The van der Waals surface area contributed by atoms with Crippen LogP contribution in [0.4, 0.5) is 5.69 Å². The Bertz CT molecular complexity index is 1220. The van der Waals surface area contributed by atoms with Crippen molar-refractivity contribution in [3.63, 3.8) is 0 Å². The second-order valence-electron chi connectivity index (χ2n) is 7.72. The van der Waals surface area contributed by atoms with E-state index in [1.807, 2.05) is 20.8 Å². The quantitative estimate of drug-likeness (QED) is 0.598. The number of nitrogens with one attached hydrogen (secondary N) is 2. The minimum absolute atomic E-state index is 0.0797. The van der Waals surface area contributed by atoms with Crippen LogP contribution in [0, 0.1) is 12.8 Å². The Kier molecular flexibility index (Phi) is 6.14. The molecule has 0 saturated carbocycles. The van der Waals surface area contributed by atoms with Gasteiger partial charge in [0.2, 0.25) is 15.9 Å². The summed E-state index contributed by atoms with van der Waals surface area (Å²) in [5, 5.41) is 2.71. The zero-order valence-corrected chi connectivity index (χ0v) is 18.1. The fourth-order valence-electron chi connectivity index (χ4n) is 3.09. The first kappa shape index (κ1) is 21.8. The molecular weight excluding hydrogens is 406 g/mol. The van der Waals surface area contributed by atoms with E-state index in [4.69, 9.17) is 4.42 Å². The maximum absolute atomic E-state index is 12.9. The Balaban J connectivity index is 1.83. The highest BCUT2D eigenvalue weighted by Crippen LogP contribution is 2.19. The van der Waals surface area contributed by atoms with Crippen molar-refractivity contribution >= 4 is 32.7 Å². The molecule has 0 aliphatic heterocycles. The summed E-state index contributed by atoms with van der Waals surface area (Å²) in [4.78, 5) is 24.6. The topological polar surface area (TPSA) is 110 Å². The zero-order valence-electron chi connectivity index (χ0n) is 17.3. The fraction of sp³-hybridized carbons (Fsp3) is 0.333. The van der Waals surface area contributed by atoms with Crippen molar-refractivity contribution in [1.29, 1.82) is 0 Å². The van der Waals surface area contributed by atoms with Crippen molar-refractivity contribution in [3.8, 4) is 0 Å². The lowest BCUT2D eigenvalue weighted by atomic mass is 10.0. The van der Waals surface area contributed by atoms with Gasteiger partial charge in [-0.1, -0.05) is 31.5 Å². The molecule has 0 fully saturated rings. The number of anilines is 1. The van der Waals surface area contributed by atoms with E-state index in [1.54, 1.807) is 31.3 Å². The van der Waals surface area contributed by atoms with Crippen LogP contribution < -0.4 is 15.8 Å². The normalized spacial score (nSPS) is 13.0. The molecule has 0 aliphatic carbocycles. The first-order valence-electron chi connectivity index (χ1n) is 9.56. The first-order valence-corrected chi connectivity index (χ1v) is 11.0. The smallest absolute Gasteiger partial charge is 0.408 e. The number of rotatable bonds is 7. The Morgan fingerprint density at radius 3 is 2.43 bits per heavy atom. The maximum Gasteiger partial charge on any atom is 0.419 e. The van der Waals surface area contributed by atoms with Gasteiger partial charge in [0.15, 0.2) is 5.58 Å². The third-order valence-electron chi connectivity index (χ3n) is 4.71. The third kappa shape index (κ3) is 4.80. The Morgan fingerprint density at radius 2 is 1.80 bits per heavy atom. The van der Waals surface area contributed by atoms with Crippen LogP contribution in [0.2, 0.25) is 0 Å². The highest BCUT2D eigenvalue weighted by atomic mass is 32.2. The lowest BCUT2D eigenvalue weighted by Gasteiger charge is -2.20. The van der Waals surface area contributed by atoms with Crippen molar-refractivity contribution in [2.75, 3.05) is 5.32 Å². The van der Waals surface area contributed by atoms with Gasteiger partial charge in [0.1, 0.15) is 6.04 Å². The predicted molar refractivity (Wildman–Crippen MR) is 115 cm³/mol. The average Bonchev–Trinajstić information content (AvgIpc) is 2.94. The van der Waals surface area contributed by atoms with Crippen LogP contribution in [0.5, 0.6) is 0 Å². The zero-order chi connectivity index (χ0) is 22.1. The summed E-state index contributed by atoms with van der Waals surface area (Å²) >= 11 is 0. The number of carbonyl (C=O) groups excluding carboxylic acids is 1. The van der Waals surface area contributed by atoms with E-state index in [9.17, 15) is 18.0 Å². The van der Waals surface area contributed by atoms with Crippen LogP contribution in [0.25, 0.3) is 11.1 Å². The van der Waals surface area contributed by atoms with Gasteiger partial charge < -0.3 is 9.73 Å². The first-order chi connectivity index (χ1) is 14.1. The van der Waals surface area contributed by atoms with Crippen LogP contribution in [0.3, 0.4) is 0 Å². The van der Waals surface area contributed by atoms with Gasteiger partial charge in [-0.2, -0.15) is 4.72 Å². The highest BCUT2D eigenvalue weighted by Gasteiger charge is 2.27. The molecule has 0 saturated heterocycles. The molecule has 0 spiro atoms. The van der Waals surface area contributed by atoms with Crippen molar-refractivity contribution in [1.82, 2.24) is 9.29 Å². The molecule has 0 aliphatic rings. The van der Waals surface area contributed by atoms with Gasteiger partial charge in [-0.3, -0.25) is 9.36 Å². The second kappa shape index (κ2) is 8.45. The standard InChI is InChI=1S/C21H25N3O5S/c1-13(2)11-17(23-30(27,28)16-8-5-14(3)6-9-16)20(25)22-15-7-10-18-19(12-15)29-21(26)24(18)4/h5-10,12-13,17,23H,11H2,1-4H3,(H,22,25). The second-order valence-corrected chi connectivity index (χ2v) is 9.43. The van der Waals surface area contributed by atoms with Gasteiger partial charge in [0.05, 0.1) is 10.4 Å². The Labute approximate surface area is 174 Å². The molecule has 30 heavy (non-hydrogen) atoms. The maximum atomic E-state index is 12.9. The number of hydrogen-bond acceptors (Lipinski definition) is 5. The van der Waals surface area contributed by atoms with Crippen LogP contribution in [0.15, 0.2) is 56.6 Å². The molecule has 0 bridgehead atoms. The van der Waals surface area contributed by atoms with E-state index < -0.39 is 27.7 Å². The number of carbonyl (C=O) groups is 1. The van der Waals surface area contributed by atoms with Crippen molar-refractivity contribution in [2.24, 2.45) is 13.0 Å². The van der Waals surface area contributed by atoms with Gasteiger partial charge in [0, 0.05) is 18.8 Å². The van der Waals surface area contributed by atoms with E-state index in [-0.39, 0.29) is 10.8 Å². The molecule has 1 heterocycles. The molecule has 3 rings (SSSR count). The molecule has 3 aromatic rings. The van der Waals surface area contributed by atoms with E-state index in [1.165, 1.54) is 22.8 Å². The summed E-state index contributed by atoms with van der Waals surface area (Å²) in [6, 6.07) is 10.3. The highest BCUT2D eigenvalue weighted by molar-refractivity contribution is 7.89. The summed E-state index contributed by atoms with van der Waals surface area (Å²) in [5.74, 6) is -0.912. The average molecular weight is 432 g/mol. The number of amides is 1. The monoisotopic (exact) mass is 431 g/mol. The lowest BCUT2D eigenvalue weighted by molar-refractivity contribution is -0.118. The number of hydrogen-bond donors (Lipinski definition) is 2. The van der Waals surface area contributed by atoms with Crippen molar-refractivity contribution in [3.05, 3.63) is 58.6 Å². The molecule has 160 valence electrons. The van der Waals surface area contributed by atoms with E-state index in [2.05, 4.69) is 10.0 Å². The molecule has 0 radical (unpaired) electrons. The van der Waals surface area contributed by atoms with Crippen LogP contribution in [-0.4, -0.2) is 24.9 Å². The summed E-state index contributed by atoms with van der Waals surface area (Å²) in [6.07, 6.45) is 0.319. The molecule has 1 unspecified atom stereocenters. The molecule has 1 atom stereocenters. The third-order valence-corrected chi connectivity index (χ3v) is 6.20. The number of benzene rings is 2. The molecule has 2 aromatic carbocycles. The van der Waals surface area contributed by atoms with Gasteiger partial charge in [0.25, 0.3) is 0 Å². The number of oxazole rings is 1. The molecule has 1 amide bonds. The van der Waals surface area contributed by atoms with Crippen LogP contribution in [0.1, 0.15) is 25.8 Å². The minimum atomic E-state index is -3.87. The number of aromatic nitrogens is 1. The van der Waals surface area contributed by atoms with Crippen LogP contribution >= 0.6 is 0 Å². The van der Waals surface area contributed by atoms with E-state index in [0.717, 1.165) is 5.56 Å². The van der Waals surface area contributed by atoms with Gasteiger partial charge in [-0.25, -0.2) is 13.2 Å². The summed E-state index contributed by atoms with van der Waals surface area (Å²) < 4.78 is 34.5. The molecule has 2 N–H and O–H groups in total. The predicted octanol–water partition coefficient (Wildman–Crippen LogP) is 2.77. The summed E-state index contributed by atoms with van der Waals surface area (Å²) in [7, 11) is -2.28. The molecular formula is C21H25N3O5S. The summed E-state index contributed by atoms with van der Waals surface area (Å²) in [6.45, 7) is 5.68. The van der Waals surface area contributed by atoms with E-state index >= 15 is 0 Å². The number of sulfonamides is 1. The SMILES string of the molecule is Cc1ccc(S(=O)(=O)NC(CC(C)C)C(=O)Nc2ccc3c(c2)oc(=O)n3C)cc1. The summed E-state index contributed by atoms with van der Waals surface area (Å²) in [5.41, 5.74) is 2.27. The van der Waals surface area contributed by atoms with E-state index in [0.29, 0.717) is 23.2 Å². The number of fused-ring (bicyclic) bond motifs is 1. The molecule has 9 heteroatoms. The minimum Gasteiger partial charge on any atom is -0.408 e. The van der Waals surface area contributed by atoms with Gasteiger partial charge in [-0.15, -0.1) is 0 Å².